The van der Waals surface area contributed by atoms with Crippen LogP contribution in [0.1, 0.15) is 16.7 Å². The van der Waals surface area contributed by atoms with E-state index in [1.807, 2.05) is 69.4 Å². The van der Waals surface area contributed by atoms with E-state index in [0.29, 0.717) is 19.6 Å². The molecule has 0 saturated carbocycles. The molecule has 7 rings (SSSR count). The molecule has 0 spiro atoms. The molecule has 0 amide bonds. The summed E-state index contributed by atoms with van der Waals surface area (Å²) in [4.78, 5) is 0. The second-order valence-corrected chi connectivity index (χ2v) is 10.4. The highest BCUT2D eigenvalue weighted by Crippen LogP contribution is 2.37. The highest BCUT2D eigenvalue weighted by atomic mass is 15.3. The smallest absolute Gasteiger partial charge is 0.0665 e. The zero-order valence-corrected chi connectivity index (χ0v) is 23.2. The zero-order chi connectivity index (χ0) is 28.1. The number of hydrogen-bond acceptors (Lipinski definition) is 3. The summed E-state index contributed by atoms with van der Waals surface area (Å²) in [5.74, 6) is 0. The summed E-state index contributed by atoms with van der Waals surface area (Å²) in [6.07, 6.45) is 11.5. The van der Waals surface area contributed by atoms with Gasteiger partial charge in [0.15, 0.2) is 0 Å². The van der Waals surface area contributed by atoms with E-state index in [2.05, 4.69) is 106 Å². The topological polar surface area (TPSA) is 53.5 Å². The third-order valence-electron chi connectivity index (χ3n) is 7.59. The fraction of sp³-hybridized carbons (Fsp3) is 0.0833. The van der Waals surface area contributed by atoms with E-state index in [-0.39, 0.29) is 0 Å². The van der Waals surface area contributed by atoms with Crippen LogP contribution in [0.2, 0.25) is 0 Å². The SMILES string of the molecule is c1ccc(-c2cc(-c3ccccc3Cn3cccn3)cc(-c3ccccc3Cn3cccn3)c2)c(Cn2cccn2)c1. The molecule has 0 unspecified atom stereocenters. The molecule has 0 radical (unpaired) electrons. The molecule has 0 saturated heterocycles. The van der Waals surface area contributed by atoms with E-state index >= 15 is 0 Å². The van der Waals surface area contributed by atoms with Gasteiger partial charge < -0.3 is 0 Å². The lowest BCUT2D eigenvalue weighted by molar-refractivity contribution is 0.687. The fourth-order valence-corrected chi connectivity index (χ4v) is 5.62. The minimum absolute atomic E-state index is 0.703. The standard InChI is InChI=1S/C36H30N6/c1-4-13-34(28(10-1)25-40-19-7-16-37-40)31-22-32(35-14-5-2-11-29(35)26-41-20-8-17-38-41)24-33(23-31)36-15-6-3-12-30(36)27-42-21-9-18-39-42/h1-24H,25-27H2. The minimum Gasteiger partial charge on any atom is -0.268 e. The first-order valence-corrected chi connectivity index (χ1v) is 14.1. The van der Waals surface area contributed by atoms with Crippen LogP contribution >= 0.6 is 0 Å². The highest BCUT2D eigenvalue weighted by molar-refractivity contribution is 5.84. The Kier molecular flexibility index (Phi) is 7.01. The van der Waals surface area contributed by atoms with Crippen molar-refractivity contribution >= 4 is 0 Å². The predicted octanol–water partition coefficient (Wildman–Crippen LogP) is 7.42. The molecule has 204 valence electrons. The van der Waals surface area contributed by atoms with Gasteiger partial charge in [-0.1, -0.05) is 72.8 Å². The van der Waals surface area contributed by atoms with Gasteiger partial charge in [-0.15, -0.1) is 0 Å². The molecule has 6 heteroatoms. The normalized spacial score (nSPS) is 11.1. The number of benzene rings is 4. The quantitative estimate of drug-likeness (QED) is 0.189. The monoisotopic (exact) mass is 546 g/mol. The molecule has 42 heavy (non-hydrogen) atoms. The van der Waals surface area contributed by atoms with Crippen molar-refractivity contribution in [3.8, 4) is 33.4 Å². The molecule has 0 atom stereocenters. The van der Waals surface area contributed by atoms with Crippen molar-refractivity contribution in [2.24, 2.45) is 0 Å². The molecule has 0 aliphatic carbocycles. The zero-order valence-electron chi connectivity index (χ0n) is 23.2. The van der Waals surface area contributed by atoms with E-state index in [1.54, 1.807) is 0 Å². The van der Waals surface area contributed by atoms with Crippen molar-refractivity contribution in [1.82, 2.24) is 29.3 Å². The summed E-state index contributed by atoms with van der Waals surface area (Å²) in [7, 11) is 0. The molecule has 0 fully saturated rings. The number of hydrogen-bond donors (Lipinski definition) is 0. The number of nitrogens with zero attached hydrogens (tertiary/aromatic N) is 6. The van der Waals surface area contributed by atoms with Crippen LogP contribution in [0.15, 0.2) is 146 Å². The van der Waals surface area contributed by atoms with Gasteiger partial charge in [-0.25, -0.2) is 0 Å². The van der Waals surface area contributed by atoms with Crippen molar-refractivity contribution in [2.45, 2.75) is 19.6 Å². The van der Waals surface area contributed by atoms with Crippen LogP contribution in [0, 0.1) is 0 Å². The van der Waals surface area contributed by atoms with Crippen LogP contribution in [0.5, 0.6) is 0 Å². The first kappa shape index (κ1) is 25.5. The molecular weight excluding hydrogens is 516 g/mol. The highest BCUT2D eigenvalue weighted by Gasteiger charge is 2.15. The number of rotatable bonds is 9. The maximum absolute atomic E-state index is 4.47. The maximum atomic E-state index is 4.47. The Hall–Kier alpha value is -5.49. The molecule has 6 nitrogen and oxygen atoms in total. The van der Waals surface area contributed by atoms with Crippen molar-refractivity contribution in [1.29, 1.82) is 0 Å². The summed E-state index contributed by atoms with van der Waals surface area (Å²) in [6, 6.07) is 38.8. The van der Waals surface area contributed by atoms with Gasteiger partial charge in [0, 0.05) is 37.2 Å². The molecular formula is C36H30N6. The summed E-state index contributed by atoms with van der Waals surface area (Å²) in [5.41, 5.74) is 10.8. The van der Waals surface area contributed by atoms with Crippen molar-refractivity contribution in [3.63, 3.8) is 0 Å². The van der Waals surface area contributed by atoms with Gasteiger partial charge in [0.2, 0.25) is 0 Å². The fourth-order valence-electron chi connectivity index (χ4n) is 5.62. The second-order valence-electron chi connectivity index (χ2n) is 10.4. The summed E-state index contributed by atoms with van der Waals surface area (Å²) in [5, 5.41) is 13.4. The van der Waals surface area contributed by atoms with Gasteiger partial charge in [0.05, 0.1) is 19.6 Å². The third kappa shape index (κ3) is 5.43. The molecule has 0 aliphatic rings. The van der Waals surface area contributed by atoms with Crippen LogP contribution in [0.25, 0.3) is 33.4 Å². The summed E-state index contributed by atoms with van der Waals surface area (Å²) >= 11 is 0. The molecule has 0 aliphatic heterocycles. The first-order valence-electron chi connectivity index (χ1n) is 14.1. The molecule has 0 N–H and O–H groups in total. The lowest BCUT2D eigenvalue weighted by Crippen LogP contribution is -2.03. The van der Waals surface area contributed by atoms with Gasteiger partial charge in [0.1, 0.15) is 0 Å². The van der Waals surface area contributed by atoms with Crippen LogP contribution < -0.4 is 0 Å². The van der Waals surface area contributed by atoms with Crippen LogP contribution in [0.4, 0.5) is 0 Å². The lowest BCUT2D eigenvalue weighted by Gasteiger charge is -2.17. The first-order chi connectivity index (χ1) is 20.8. The van der Waals surface area contributed by atoms with Crippen LogP contribution in [-0.2, 0) is 19.6 Å². The average molecular weight is 547 g/mol. The Bertz CT molecular complexity index is 1670. The van der Waals surface area contributed by atoms with Gasteiger partial charge in [0.25, 0.3) is 0 Å². The van der Waals surface area contributed by atoms with E-state index in [0.717, 1.165) is 0 Å². The Morgan fingerprint density at radius 1 is 0.381 bits per heavy atom. The molecule has 3 aromatic heterocycles. The van der Waals surface area contributed by atoms with Gasteiger partial charge in [-0.05, 0) is 86.5 Å². The molecule has 7 aromatic rings. The Morgan fingerprint density at radius 3 is 0.976 bits per heavy atom. The summed E-state index contributed by atoms with van der Waals surface area (Å²) < 4.78 is 5.92. The largest absolute Gasteiger partial charge is 0.268 e. The van der Waals surface area contributed by atoms with E-state index in [4.69, 9.17) is 0 Å². The van der Waals surface area contributed by atoms with E-state index < -0.39 is 0 Å². The Balaban J connectivity index is 1.40. The lowest BCUT2D eigenvalue weighted by atomic mass is 9.89. The second kappa shape index (κ2) is 11.6. The molecule has 4 aromatic carbocycles. The maximum Gasteiger partial charge on any atom is 0.0665 e. The van der Waals surface area contributed by atoms with E-state index in [9.17, 15) is 0 Å². The average Bonchev–Trinajstić information content (AvgIpc) is 3.84. The third-order valence-corrected chi connectivity index (χ3v) is 7.59. The van der Waals surface area contributed by atoms with E-state index in [1.165, 1.54) is 50.1 Å². The minimum atomic E-state index is 0.703. The van der Waals surface area contributed by atoms with Gasteiger partial charge in [-0.2, -0.15) is 15.3 Å². The molecule has 3 heterocycles. The van der Waals surface area contributed by atoms with Crippen molar-refractivity contribution in [3.05, 3.63) is 163 Å². The Labute approximate surface area is 245 Å². The van der Waals surface area contributed by atoms with Crippen molar-refractivity contribution < 1.29 is 0 Å². The van der Waals surface area contributed by atoms with Crippen LogP contribution in [-0.4, -0.2) is 29.3 Å². The van der Waals surface area contributed by atoms with Crippen LogP contribution in [0.3, 0.4) is 0 Å². The number of aromatic nitrogens is 6. The van der Waals surface area contributed by atoms with Crippen molar-refractivity contribution in [2.75, 3.05) is 0 Å². The summed E-state index contributed by atoms with van der Waals surface area (Å²) in [6.45, 7) is 2.11. The predicted molar refractivity (Wildman–Crippen MR) is 167 cm³/mol. The Morgan fingerprint density at radius 2 is 0.690 bits per heavy atom. The van der Waals surface area contributed by atoms with Gasteiger partial charge >= 0.3 is 0 Å². The molecule has 0 bridgehead atoms. The van der Waals surface area contributed by atoms with Gasteiger partial charge in [-0.3, -0.25) is 14.0 Å².